The van der Waals surface area contributed by atoms with E-state index in [-0.39, 0.29) is 57.9 Å². The van der Waals surface area contributed by atoms with E-state index in [0.29, 0.717) is 43.2 Å². The maximum atomic E-state index is 14.1. The third kappa shape index (κ3) is 6.29. The minimum Gasteiger partial charge on any atom is -0.481 e. The minimum atomic E-state index is -4.40. The standard InChI is InChI=1S/C47H66F3NO6/c1-26(2)37-32(52)23-46(35(53)25-51-24-27-10-12-28(13-11-27)47(48,49)50)21-20-44(8)29(38(37)46)14-15-34-43(7)18-17-36(42(5,6)33(43)16-19-45(34,44)9)57-40(56)31-22-30(39(54)55)41(31,3)4/h10-13,26,29-31,33-36,51,53H,14-25H2,1-9H3,(H,54,55)/t29-,30+,31-,33+,34-,35+,36+,43+,44-,45-,46+/m1/s1. The molecule has 0 bridgehead atoms. The van der Waals surface area contributed by atoms with Gasteiger partial charge < -0.3 is 20.3 Å². The first-order valence-electron chi connectivity index (χ1n) is 21.6. The molecular formula is C47H66F3NO6. The molecule has 5 fully saturated rings. The number of allylic oxidation sites excluding steroid dienone is 1. The number of hydrogen-bond donors (Lipinski definition) is 3. The number of aliphatic carboxylic acids is 1. The molecule has 5 saturated carbocycles. The summed E-state index contributed by atoms with van der Waals surface area (Å²) in [6, 6.07) is 5.11. The number of aliphatic hydroxyl groups is 1. The molecule has 11 atom stereocenters. The largest absolute Gasteiger partial charge is 0.481 e. The number of fused-ring (bicyclic) bond motifs is 7. The second kappa shape index (κ2) is 13.9. The summed E-state index contributed by atoms with van der Waals surface area (Å²) in [5, 5.41) is 25.1. The third-order valence-electron chi connectivity index (χ3n) is 18.1. The van der Waals surface area contributed by atoms with Gasteiger partial charge in [0.1, 0.15) is 6.10 Å². The molecule has 57 heavy (non-hydrogen) atoms. The van der Waals surface area contributed by atoms with E-state index in [1.54, 1.807) is 0 Å². The number of benzene rings is 1. The van der Waals surface area contributed by atoms with Crippen LogP contribution in [0.3, 0.4) is 0 Å². The number of alkyl halides is 3. The van der Waals surface area contributed by atoms with Crippen molar-refractivity contribution in [2.24, 2.45) is 68.0 Å². The van der Waals surface area contributed by atoms with Crippen LogP contribution in [0.2, 0.25) is 0 Å². The first-order chi connectivity index (χ1) is 26.4. The minimum absolute atomic E-state index is 0.0127. The Hall–Kier alpha value is -2.72. The van der Waals surface area contributed by atoms with E-state index in [4.69, 9.17) is 4.74 Å². The number of carbonyl (C=O) groups is 3. The molecule has 0 radical (unpaired) electrons. The normalized spacial score (nSPS) is 40.0. The van der Waals surface area contributed by atoms with Gasteiger partial charge in [-0.3, -0.25) is 14.4 Å². The Labute approximate surface area is 337 Å². The van der Waals surface area contributed by atoms with Gasteiger partial charge in [-0.25, -0.2) is 0 Å². The number of aliphatic hydroxyl groups excluding tert-OH is 1. The third-order valence-corrected chi connectivity index (χ3v) is 18.1. The van der Waals surface area contributed by atoms with Crippen LogP contribution < -0.4 is 5.32 Å². The van der Waals surface area contributed by atoms with E-state index in [1.165, 1.54) is 17.7 Å². The molecule has 0 heterocycles. The zero-order valence-corrected chi connectivity index (χ0v) is 35.6. The van der Waals surface area contributed by atoms with Crippen molar-refractivity contribution in [3.63, 3.8) is 0 Å². The second-order valence-corrected chi connectivity index (χ2v) is 21.5. The lowest BCUT2D eigenvalue weighted by Crippen LogP contribution is -2.66. The number of nitrogens with one attached hydrogen (secondary N) is 1. The topological polar surface area (TPSA) is 113 Å². The SMILES string of the molecule is CC(C)C1=C2[C@H]3CC[C@@H]4[C@@]5(C)CC[C@H](OC(=O)[C@H]6C[C@@H](C(=O)O)C6(C)C)C(C)(C)[C@@H]5CC[C@@]4(C)[C@]3(C)CC[C@@]2([C@@H](O)CNCc2ccc(C(F)(F)F)cc2)CC1=O. The van der Waals surface area contributed by atoms with Gasteiger partial charge >= 0.3 is 18.1 Å². The summed E-state index contributed by atoms with van der Waals surface area (Å²) >= 11 is 0. The number of carboxylic acids is 1. The van der Waals surface area contributed by atoms with Crippen LogP contribution in [0.15, 0.2) is 35.4 Å². The molecule has 3 N–H and O–H groups in total. The van der Waals surface area contributed by atoms with E-state index in [0.717, 1.165) is 62.7 Å². The summed E-state index contributed by atoms with van der Waals surface area (Å²) in [6.07, 6.45) is 2.56. The first-order valence-corrected chi connectivity index (χ1v) is 21.6. The van der Waals surface area contributed by atoms with Crippen LogP contribution in [0.4, 0.5) is 13.2 Å². The lowest BCUT2D eigenvalue weighted by molar-refractivity contribution is -0.238. The number of carboxylic acid groups (broad SMARTS) is 1. The van der Waals surface area contributed by atoms with Gasteiger partial charge in [0.15, 0.2) is 5.78 Å². The zero-order chi connectivity index (χ0) is 41.9. The maximum absolute atomic E-state index is 14.1. The van der Waals surface area contributed by atoms with Gasteiger partial charge in [0, 0.05) is 30.3 Å². The van der Waals surface area contributed by atoms with Crippen LogP contribution in [-0.4, -0.2) is 46.7 Å². The summed E-state index contributed by atoms with van der Waals surface area (Å²) in [5.41, 5.74) is 0.465. The number of halogens is 3. The van der Waals surface area contributed by atoms with Crippen molar-refractivity contribution in [1.29, 1.82) is 0 Å². The van der Waals surface area contributed by atoms with Gasteiger partial charge in [-0.2, -0.15) is 13.2 Å². The quantitative estimate of drug-likeness (QED) is 0.213. The van der Waals surface area contributed by atoms with E-state index in [9.17, 15) is 37.8 Å². The highest BCUT2D eigenvalue weighted by Crippen LogP contribution is 2.77. The van der Waals surface area contributed by atoms with E-state index < -0.39 is 46.5 Å². The molecule has 7 rings (SSSR count). The Morgan fingerprint density at radius 2 is 1.53 bits per heavy atom. The Kier molecular flexibility index (Phi) is 10.4. The lowest BCUT2D eigenvalue weighted by atomic mass is 9.33. The summed E-state index contributed by atoms with van der Waals surface area (Å²) in [5.74, 6) is -0.940. The number of rotatable bonds is 9. The highest BCUT2D eigenvalue weighted by Gasteiger charge is 2.71. The molecule has 0 spiro atoms. The second-order valence-electron chi connectivity index (χ2n) is 21.5. The highest BCUT2D eigenvalue weighted by molar-refractivity contribution is 6.00. The fraction of sp³-hybridized carbons (Fsp3) is 0.766. The van der Waals surface area contributed by atoms with Crippen LogP contribution in [-0.2, 0) is 31.8 Å². The number of hydrogen-bond acceptors (Lipinski definition) is 6. The van der Waals surface area contributed by atoms with Gasteiger partial charge in [0.05, 0.1) is 23.5 Å². The lowest BCUT2D eigenvalue weighted by Gasteiger charge is -2.72. The predicted molar refractivity (Wildman–Crippen MR) is 211 cm³/mol. The van der Waals surface area contributed by atoms with Crippen molar-refractivity contribution in [1.82, 2.24) is 5.32 Å². The van der Waals surface area contributed by atoms with Crippen molar-refractivity contribution in [2.45, 2.75) is 151 Å². The fourth-order valence-electron chi connectivity index (χ4n) is 14.6. The van der Waals surface area contributed by atoms with Crippen LogP contribution in [0.25, 0.3) is 0 Å². The molecule has 6 aliphatic rings. The zero-order valence-electron chi connectivity index (χ0n) is 35.6. The number of Topliss-reactive ketones (excluding diaryl/α,β-unsaturated/α-hetero) is 1. The average Bonchev–Trinajstić information content (AvgIpc) is 3.42. The van der Waals surface area contributed by atoms with Crippen molar-refractivity contribution in [3.8, 4) is 0 Å². The first kappa shape index (κ1) is 42.4. The maximum Gasteiger partial charge on any atom is 0.416 e. The number of esters is 1. The van der Waals surface area contributed by atoms with Crippen molar-refractivity contribution >= 4 is 17.7 Å². The summed E-state index contributed by atoms with van der Waals surface area (Å²) in [4.78, 5) is 39.4. The molecule has 1 aromatic carbocycles. The Balaban J connectivity index is 1.11. The van der Waals surface area contributed by atoms with Gasteiger partial charge in [-0.1, -0.05) is 80.0 Å². The van der Waals surface area contributed by atoms with Crippen molar-refractivity contribution < 1.29 is 42.5 Å². The number of carbonyl (C=O) groups excluding carboxylic acids is 2. The molecule has 0 aliphatic heterocycles. The van der Waals surface area contributed by atoms with Crippen LogP contribution in [0, 0.1) is 68.0 Å². The van der Waals surface area contributed by atoms with E-state index in [1.807, 2.05) is 13.8 Å². The average molecular weight is 798 g/mol. The monoisotopic (exact) mass is 797 g/mol. The predicted octanol–water partition coefficient (Wildman–Crippen LogP) is 9.80. The number of ketones is 1. The smallest absolute Gasteiger partial charge is 0.416 e. The molecule has 0 aromatic heterocycles. The Morgan fingerprint density at radius 3 is 2.12 bits per heavy atom. The molecule has 0 saturated heterocycles. The molecule has 7 nitrogen and oxygen atoms in total. The molecular weight excluding hydrogens is 732 g/mol. The number of ether oxygens (including phenoxy) is 1. The molecule has 10 heteroatoms. The Morgan fingerprint density at radius 1 is 0.860 bits per heavy atom. The molecule has 0 unspecified atom stereocenters. The fourth-order valence-corrected chi connectivity index (χ4v) is 14.6. The van der Waals surface area contributed by atoms with Gasteiger partial charge in [-0.05, 0) is 126 Å². The molecule has 316 valence electrons. The van der Waals surface area contributed by atoms with Gasteiger partial charge in [0.2, 0.25) is 0 Å². The highest BCUT2D eigenvalue weighted by atomic mass is 19.4. The summed E-state index contributed by atoms with van der Waals surface area (Å²) in [6.45, 7) is 20.5. The van der Waals surface area contributed by atoms with Crippen LogP contribution >= 0.6 is 0 Å². The van der Waals surface area contributed by atoms with E-state index >= 15 is 0 Å². The van der Waals surface area contributed by atoms with Crippen molar-refractivity contribution in [2.75, 3.05) is 6.54 Å². The van der Waals surface area contributed by atoms with Crippen LogP contribution in [0.5, 0.6) is 0 Å². The van der Waals surface area contributed by atoms with Gasteiger partial charge in [0.25, 0.3) is 0 Å². The molecule has 6 aliphatic carbocycles. The van der Waals surface area contributed by atoms with Crippen molar-refractivity contribution in [3.05, 3.63) is 46.5 Å². The Bertz CT molecular complexity index is 1820. The summed E-state index contributed by atoms with van der Waals surface area (Å²) < 4.78 is 45.8. The summed E-state index contributed by atoms with van der Waals surface area (Å²) in [7, 11) is 0. The van der Waals surface area contributed by atoms with E-state index in [2.05, 4.69) is 53.8 Å². The van der Waals surface area contributed by atoms with Crippen LogP contribution in [0.1, 0.15) is 138 Å². The molecule has 1 aromatic rings. The molecule has 0 amide bonds. The van der Waals surface area contributed by atoms with Gasteiger partial charge in [-0.15, -0.1) is 0 Å².